The highest BCUT2D eigenvalue weighted by Crippen LogP contribution is 2.27. The molecule has 0 aliphatic rings. The lowest BCUT2D eigenvalue weighted by molar-refractivity contribution is 0.256. The number of halogens is 3. The molecule has 0 spiro atoms. The largest absolute Gasteiger partial charge is 0.465 e. The fourth-order valence-electron chi connectivity index (χ4n) is 5.55. The SMILES string of the molecule is [3H]c1csc(OCc2c(-n3nnn(C)c3=O)noc2Br)n1.[3H]c1csc(OCc2c(-n3nnn(C)c3=O)noc2Cl)n1.[3H]c1csc(OCc2c(-n3nnn(C)c3=O)noc2F)n1.[3H]c1csc(OCc2conc2-n2nnn(C)c2=O)n1. The van der Waals surface area contributed by atoms with Crippen molar-refractivity contribution in [2.24, 2.45) is 28.2 Å². The molecule has 0 N–H and O–H groups in total. The average Bonchev–Trinajstić information content (AvgIpc) is 4.34. The quantitative estimate of drug-likeness (QED) is 0.132. The number of hydrogen-bond donors (Lipinski definition) is 0. The molecule has 36 nitrogen and oxygen atoms in total. The second-order valence-corrected chi connectivity index (χ2v) is 18.6. The lowest BCUT2D eigenvalue weighted by Gasteiger charge is -2.01. The van der Waals surface area contributed by atoms with Gasteiger partial charge in [-0.15, -0.1) is 18.7 Å². The van der Waals surface area contributed by atoms with Gasteiger partial charge in [0.05, 0.1) is 22.2 Å². The highest BCUT2D eigenvalue weighted by atomic mass is 79.9. The Labute approximate surface area is 468 Å². The Morgan fingerprint density at radius 3 is 1.30 bits per heavy atom. The summed E-state index contributed by atoms with van der Waals surface area (Å²) in [7, 11) is 5.80. The molecule has 0 saturated carbocycles. The summed E-state index contributed by atoms with van der Waals surface area (Å²) in [6.07, 6.45) is 1.78. The molecule has 79 heavy (non-hydrogen) atoms. The van der Waals surface area contributed by atoms with Crippen LogP contribution in [0.25, 0.3) is 23.3 Å². The molecular formula is C36H29BrClFN24O12S4. The summed E-state index contributed by atoms with van der Waals surface area (Å²) in [5.74, 6) is 0.349. The molecular weight excluding hydrogens is 1220 g/mol. The van der Waals surface area contributed by atoms with Crippen molar-refractivity contribution in [3.8, 4) is 44.0 Å². The van der Waals surface area contributed by atoms with Crippen molar-refractivity contribution in [2.75, 3.05) is 0 Å². The Kier molecular flexibility index (Phi) is 15.5. The van der Waals surface area contributed by atoms with E-state index < -0.39 is 28.8 Å². The summed E-state index contributed by atoms with van der Waals surface area (Å²) in [6.45, 7) is -0.168. The average molecular weight is 1260 g/mol. The van der Waals surface area contributed by atoms with E-state index in [0.717, 1.165) is 48.8 Å². The smallest absolute Gasteiger partial charge is 0.369 e. The molecule has 0 aliphatic heterocycles. The highest BCUT2D eigenvalue weighted by molar-refractivity contribution is 9.10. The van der Waals surface area contributed by atoms with Crippen LogP contribution in [0.2, 0.25) is 5.22 Å². The van der Waals surface area contributed by atoms with E-state index in [1.165, 1.54) is 79.2 Å². The molecule has 0 aliphatic carbocycles. The Hall–Kier alpha value is -9.26. The maximum atomic E-state index is 13.6. The second kappa shape index (κ2) is 24.8. The standard InChI is InChI=1S/C9H7BrN6O3S.C9H7ClN6O3S.C9H7FN6O3S.C9H8N6O3S/c3*1-15-9(17)16(14-13-15)7-5(6(10)19-12-7)4-18-8-11-2-3-20-8;1-14-9(16)15(13-12-14)7-6(5-18-11-7)4-17-8-10-2-3-19-8/h3*2-3H,4H2,1H3;2-3,5H,4H2,1H3/i4*2T. The number of ether oxygens (including phenoxy) is 4. The molecule has 12 aromatic rings. The molecule has 0 radical (unpaired) electrons. The summed E-state index contributed by atoms with van der Waals surface area (Å²) >= 11 is 13.8. The zero-order valence-electron chi connectivity index (χ0n) is 43.6. The zero-order valence-corrected chi connectivity index (χ0v) is 45.2. The first-order valence-corrected chi connectivity index (χ1v) is 25.5. The van der Waals surface area contributed by atoms with Gasteiger partial charge in [-0.25, -0.2) is 39.1 Å². The monoisotopic (exact) mass is 1260 g/mol. The van der Waals surface area contributed by atoms with E-state index in [-0.39, 0.29) is 90.4 Å². The number of thiazole rings is 4. The first kappa shape index (κ1) is 49.3. The molecule has 43 heteroatoms. The van der Waals surface area contributed by atoms with Gasteiger partial charge in [0.15, 0.2) is 0 Å². The van der Waals surface area contributed by atoms with Crippen LogP contribution >= 0.6 is 72.9 Å². The lowest BCUT2D eigenvalue weighted by atomic mass is 10.3. The van der Waals surface area contributed by atoms with Gasteiger partial charge in [0.2, 0.25) is 33.2 Å². The number of aromatic nitrogens is 24. The Balaban J connectivity index is 0.000000133. The van der Waals surface area contributed by atoms with Gasteiger partial charge in [0, 0.05) is 74.4 Å². The van der Waals surface area contributed by atoms with Gasteiger partial charge >= 0.3 is 28.8 Å². The number of nitrogens with zero attached hydrogens (tertiary/aromatic N) is 24. The van der Waals surface area contributed by atoms with Gasteiger partial charge in [-0.05, 0) is 69.2 Å². The summed E-state index contributed by atoms with van der Waals surface area (Å²) in [5, 5.41) is 50.7. The van der Waals surface area contributed by atoms with Gasteiger partial charge in [-0.1, -0.05) is 66.0 Å². The summed E-state index contributed by atoms with van der Waals surface area (Å²) in [6, 6.07) is -0.995. The third-order valence-electron chi connectivity index (χ3n) is 9.31. The molecule has 0 aromatic carbocycles. The van der Waals surface area contributed by atoms with Gasteiger partial charge < -0.3 is 37.0 Å². The van der Waals surface area contributed by atoms with Crippen LogP contribution in [0, 0.1) is 6.01 Å². The van der Waals surface area contributed by atoms with E-state index in [1.54, 1.807) is 10.8 Å². The number of rotatable bonds is 16. The zero-order chi connectivity index (χ0) is 59.1. The van der Waals surface area contributed by atoms with Gasteiger partial charge in [-0.3, -0.25) is 0 Å². The molecule has 0 bridgehead atoms. The van der Waals surface area contributed by atoms with E-state index >= 15 is 0 Å². The minimum Gasteiger partial charge on any atom is -0.465 e. The minimum absolute atomic E-state index is 0.0230. The maximum Gasteiger partial charge on any atom is 0.369 e. The van der Waals surface area contributed by atoms with Gasteiger partial charge in [0.1, 0.15) is 38.3 Å². The molecule has 0 atom stereocenters. The molecule has 0 saturated heterocycles. The van der Waals surface area contributed by atoms with Crippen LogP contribution in [-0.4, -0.2) is 120 Å². The second-order valence-electron chi connectivity index (χ2n) is 14.3. The lowest BCUT2D eigenvalue weighted by Crippen LogP contribution is -2.23. The van der Waals surface area contributed by atoms with E-state index in [1.807, 2.05) is 0 Å². The van der Waals surface area contributed by atoms with Crippen LogP contribution in [0.3, 0.4) is 0 Å². The normalized spacial score (nSPS) is 11.6. The summed E-state index contributed by atoms with van der Waals surface area (Å²) in [5.41, 5.74) is -0.757. The third-order valence-corrected chi connectivity index (χ3v) is 12.8. The molecule has 410 valence electrons. The molecule has 0 unspecified atom stereocenters. The number of tetrazole rings is 4. The van der Waals surface area contributed by atoms with E-state index in [2.05, 4.69) is 103 Å². The Bertz CT molecular complexity index is 4080. The van der Waals surface area contributed by atoms with Crippen LogP contribution in [0.1, 0.15) is 27.7 Å². The summed E-state index contributed by atoms with van der Waals surface area (Å²) < 4.78 is 91.6. The fourth-order valence-corrected chi connectivity index (χ4v) is 7.85. The van der Waals surface area contributed by atoms with Crippen LogP contribution < -0.4 is 41.7 Å². The van der Waals surface area contributed by atoms with Crippen LogP contribution in [0.15, 0.2) is 94.4 Å². The highest BCUT2D eigenvalue weighted by Gasteiger charge is 2.24. The summed E-state index contributed by atoms with van der Waals surface area (Å²) in [4.78, 5) is 62.4. The van der Waals surface area contributed by atoms with Crippen molar-refractivity contribution in [3.63, 3.8) is 0 Å². The first-order valence-electron chi connectivity index (χ1n) is 22.9. The predicted molar refractivity (Wildman–Crippen MR) is 265 cm³/mol. The van der Waals surface area contributed by atoms with Crippen molar-refractivity contribution in [2.45, 2.75) is 26.4 Å². The van der Waals surface area contributed by atoms with Crippen molar-refractivity contribution in [1.29, 1.82) is 0 Å². The van der Waals surface area contributed by atoms with E-state index in [0.29, 0.717) is 36.9 Å². The van der Waals surface area contributed by atoms with E-state index in [9.17, 15) is 23.6 Å². The van der Waals surface area contributed by atoms with Crippen LogP contribution in [0.5, 0.6) is 20.8 Å². The number of hydrogen-bond acceptors (Lipinski definition) is 32. The maximum absolute atomic E-state index is 13.6. The van der Waals surface area contributed by atoms with Gasteiger partial charge in [0.25, 0.3) is 20.8 Å². The third kappa shape index (κ3) is 12.6. The van der Waals surface area contributed by atoms with Gasteiger partial charge in [-0.2, -0.15) is 23.1 Å². The van der Waals surface area contributed by atoms with Crippen LogP contribution in [0.4, 0.5) is 4.39 Å². The van der Waals surface area contributed by atoms with Crippen LogP contribution in [-0.2, 0) is 54.6 Å². The topological polar surface area (TPSA) is 403 Å². The van der Waals surface area contributed by atoms with E-state index in [4.69, 9.17) is 49.6 Å². The molecule has 12 heterocycles. The molecule has 0 fully saturated rings. The van der Waals surface area contributed by atoms with Crippen molar-refractivity contribution >= 4 is 72.9 Å². The molecule has 12 aromatic heterocycles. The van der Waals surface area contributed by atoms with Crippen molar-refractivity contribution < 1.29 is 46.9 Å². The number of aryl methyl sites for hydroxylation is 4. The molecule has 0 amide bonds. The van der Waals surface area contributed by atoms with Crippen molar-refractivity contribution in [3.05, 3.63) is 133 Å². The Morgan fingerprint density at radius 2 is 0.886 bits per heavy atom. The predicted octanol–water partition coefficient (Wildman–Crippen LogP) is 1.51. The minimum atomic E-state index is -0.995. The van der Waals surface area contributed by atoms with Crippen molar-refractivity contribution in [1.82, 2.24) is 120 Å². The first-order chi connectivity index (χ1) is 39.8. The molecule has 12 rings (SSSR count). The fraction of sp³-hybridized carbons (Fsp3) is 0.222. The Morgan fingerprint density at radius 1 is 0.519 bits per heavy atom.